The highest BCUT2D eigenvalue weighted by atomic mass is 15.0. The second-order valence-corrected chi connectivity index (χ2v) is 19.5. The summed E-state index contributed by atoms with van der Waals surface area (Å²) in [6.45, 7) is 0. The van der Waals surface area contributed by atoms with Crippen molar-refractivity contribution in [3.8, 4) is 78.4 Å². The largest absolute Gasteiger partial charge is 0.310 e. The molecule has 0 saturated heterocycles. The van der Waals surface area contributed by atoms with Gasteiger partial charge in [0.25, 0.3) is 0 Å². The van der Waals surface area contributed by atoms with Gasteiger partial charge in [0.15, 0.2) is 0 Å². The van der Waals surface area contributed by atoms with E-state index in [9.17, 15) is 0 Å². The number of hydrogen-bond acceptors (Lipinski definition) is 1. The molecular formula is C71H49N3. The van der Waals surface area contributed by atoms with Crippen molar-refractivity contribution in [1.29, 1.82) is 0 Å². The Labute approximate surface area is 431 Å². The molecule has 0 aliphatic heterocycles. The Balaban J connectivity index is 0.905. The highest BCUT2D eigenvalue weighted by Gasteiger charge is 2.25. The van der Waals surface area contributed by atoms with Gasteiger partial charge in [-0.2, -0.15) is 0 Å². The molecule has 0 fully saturated rings. The zero-order valence-electron chi connectivity index (χ0n) is 40.7. The lowest BCUT2D eigenvalue weighted by Crippen LogP contribution is -2.07. The van der Waals surface area contributed by atoms with E-state index in [2.05, 4.69) is 288 Å². The highest BCUT2D eigenvalue weighted by Crippen LogP contribution is 2.42. The maximum Gasteiger partial charge on any atom is 0.0716 e. The minimum absolute atomic E-state index is 0.297. The monoisotopic (exact) mass is 943 g/mol. The normalized spacial score (nSPS) is 13.2. The molecule has 3 heteroatoms. The van der Waals surface area contributed by atoms with Crippen molar-refractivity contribution in [2.75, 3.05) is 0 Å². The molecule has 1 atom stereocenters. The minimum atomic E-state index is 0.297. The zero-order valence-corrected chi connectivity index (χ0v) is 40.7. The van der Waals surface area contributed by atoms with Crippen molar-refractivity contribution in [2.24, 2.45) is 0 Å². The van der Waals surface area contributed by atoms with Gasteiger partial charge in [-0.15, -0.1) is 0 Å². The summed E-state index contributed by atoms with van der Waals surface area (Å²) >= 11 is 0. The second kappa shape index (κ2) is 18.2. The smallest absolute Gasteiger partial charge is 0.0716 e. The van der Waals surface area contributed by atoms with Gasteiger partial charge in [-0.25, -0.2) is 4.98 Å². The van der Waals surface area contributed by atoms with Crippen LogP contribution >= 0.6 is 0 Å². The SMILES string of the molecule is C1=CC(c2ccccc2)Cc2c1n(-c1cccc(-c3cc(-c4ccccc4)cc(-c4cccc(-n5c6ccc(-c7ccccc7)cc6c6cc(-c7ccccc7)ccc65)c4)n3)c1)c1ccc(-c3ccccc3)cc21. The van der Waals surface area contributed by atoms with Gasteiger partial charge in [0.2, 0.25) is 0 Å². The molecule has 3 nitrogen and oxygen atoms in total. The van der Waals surface area contributed by atoms with E-state index < -0.39 is 0 Å². The summed E-state index contributed by atoms with van der Waals surface area (Å²) in [7, 11) is 0. The van der Waals surface area contributed by atoms with Crippen LogP contribution in [0.3, 0.4) is 0 Å². The third kappa shape index (κ3) is 7.74. The first-order valence-corrected chi connectivity index (χ1v) is 25.6. The predicted octanol–water partition coefficient (Wildman–Crippen LogP) is 18.5. The maximum atomic E-state index is 5.57. The van der Waals surface area contributed by atoms with E-state index in [4.69, 9.17) is 4.98 Å². The van der Waals surface area contributed by atoms with E-state index in [-0.39, 0.29) is 0 Å². The summed E-state index contributed by atoms with van der Waals surface area (Å²) < 4.78 is 4.88. The van der Waals surface area contributed by atoms with Crippen LogP contribution < -0.4 is 0 Å². The number of aromatic nitrogens is 3. The molecule has 1 aliphatic carbocycles. The summed E-state index contributed by atoms with van der Waals surface area (Å²) in [5.74, 6) is 0.297. The summed E-state index contributed by atoms with van der Waals surface area (Å²) in [5, 5.41) is 3.73. The third-order valence-corrected chi connectivity index (χ3v) is 15.1. The van der Waals surface area contributed by atoms with Crippen LogP contribution in [0.25, 0.3) is 117 Å². The van der Waals surface area contributed by atoms with E-state index in [1.165, 1.54) is 71.9 Å². The number of hydrogen-bond donors (Lipinski definition) is 0. The number of nitrogens with zero attached hydrogens (tertiary/aromatic N) is 3. The molecule has 3 aromatic heterocycles. The Bertz CT molecular complexity index is 4150. The third-order valence-electron chi connectivity index (χ3n) is 15.1. The number of pyridine rings is 1. The molecule has 13 aromatic rings. The number of benzene rings is 10. The van der Waals surface area contributed by atoms with E-state index in [1.807, 2.05) is 0 Å². The topological polar surface area (TPSA) is 22.8 Å². The molecule has 0 amide bonds. The molecule has 348 valence electrons. The molecule has 0 N–H and O–H groups in total. The van der Waals surface area contributed by atoms with Crippen molar-refractivity contribution < 1.29 is 0 Å². The zero-order chi connectivity index (χ0) is 49.0. The lowest BCUT2D eigenvalue weighted by Gasteiger charge is -2.19. The van der Waals surface area contributed by atoms with Crippen LogP contribution in [-0.2, 0) is 6.42 Å². The first kappa shape index (κ1) is 43.2. The van der Waals surface area contributed by atoms with E-state index in [0.29, 0.717) is 5.92 Å². The van der Waals surface area contributed by atoms with Crippen LogP contribution in [-0.4, -0.2) is 14.1 Å². The molecule has 14 rings (SSSR count). The van der Waals surface area contributed by atoms with E-state index in [1.54, 1.807) is 0 Å². The molecule has 0 spiro atoms. The molecule has 0 saturated carbocycles. The van der Waals surface area contributed by atoms with Gasteiger partial charge in [-0.05, 0) is 141 Å². The van der Waals surface area contributed by atoms with Gasteiger partial charge < -0.3 is 9.13 Å². The molecule has 1 aliphatic rings. The molecular weight excluding hydrogens is 895 g/mol. The molecule has 1 unspecified atom stereocenters. The number of rotatable bonds is 9. The summed E-state index contributed by atoms with van der Waals surface area (Å²) in [6.07, 6.45) is 5.67. The lowest BCUT2D eigenvalue weighted by molar-refractivity contribution is 0.825. The van der Waals surface area contributed by atoms with Crippen LogP contribution in [0.5, 0.6) is 0 Å². The predicted molar refractivity (Wildman–Crippen MR) is 310 cm³/mol. The fourth-order valence-electron chi connectivity index (χ4n) is 11.4. The summed E-state index contributed by atoms with van der Waals surface area (Å²) in [6, 6.07) is 96.9. The van der Waals surface area contributed by atoms with Gasteiger partial charge in [0, 0.05) is 50.3 Å². The van der Waals surface area contributed by atoms with Crippen LogP contribution in [0.15, 0.2) is 273 Å². The Morgan fingerprint density at radius 3 is 1.20 bits per heavy atom. The van der Waals surface area contributed by atoms with Crippen LogP contribution in [0.4, 0.5) is 0 Å². The Morgan fingerprint density at radius 1 is 0.311 bits per heavy atom. The van der Waals surface area contributed by atoms with Crippen molar-refractivity contribution in [2.45, 2.75) is 12.3 Å². The second-order valence-electron chi connectivity index (χ2n) is 19.5. The van der Waals surface area contributed by atoms with Crippen LogP contribution in [0.1, 0.15) is 22.7 Å². The summed E-state index contributed by atoms with van der Waals surface area (Å²) in [4.78, 5) is 5.57. The molecule has 0 bridgehead atoms. The Hall–Kier alpha value is -9.57. The average Bonchev–Trinajstić information content (AvgIpc) is 4.02. The van der Waals surface area contributed by atoms with Crippen molar-refractivity contribution in [1.82, 2.24) is 14.1 Å². The standard InChI is InChI=1S/C71H49N3/c1-6-18-48(19-7-1)53-32-36-68-62(42-53)63-43-54(49-20-8-2-9-21-49)33-37-69(63)73(68)60-30-16-28-57(40-60)66-46-59(52-26-14-5-15-27-52)47-67(72-66)58-29-17-31-61(41-58)74-70-38-34-55(50-22-10-3-11-23-50)44-64(70)65-45-56(35-39-71(65)74)51-24-12-4-13-25-51/h1-44,46-47,56H,45H2. The first-order valence-electron chi connectivity index (χ1n) is 25.6. The van der Waals surface area contributed by atoms with E-state index in [0.717, 1.165) is 62.5 Å². The van der Waals surface area contributed by atoms with Crippen LogP contribution in [0.2, 0.25) is 0 Å². The summed E-state index contributed by atoms with van der Waals surface area (Å²) in [5.41, 5.74) is 23.1. The first-order chi connectivity index (χ1) is 36.7. The fourth-order valence-corrected chi connectivity index (χ4v) is 11.4. The lowest BCUT2D eigenvalue weighted by atomic mass is 9.86. The van der Waals surface area contributed by atoms with E-state index >= 15 is 0 Å². The molecule has 0 radical (unpaired) electrons. The average molecular weight is 944 g/mol. The number of allylic oxidation sites excluding steroid dienone is 1. The van der Waals surface area contributed by atoms with Gasteiger partial charge in [0.05, 0.1) is 27.9 Å². The van der Waals surface area contributed by atoms with Gasteiger partial charge in [0.1, 0.15) is 0 Å². The molecule has 74 heavy (non-hydrogen) atoms. The fraction of sp³-hybridized carbons (Fsp3) is 0.0282. The number of fused-ring (bicyclic) bond motifs is 6. The van der Waals surface area contributed by atoms with Gasteiger partial charge in [-0.3, -0.25) is 0 Å². The minimum Gasteiger partial charge on any atom is -0.310 e. The Kier molecular flexibility index (Phi) is 10.7. The van der Waals surface area contributed by atoms with Crippen LogP contribution in [0, 0.1) is 0 Å². The van der Waals surface area contributed by atoms with Gasteiger partial charge >= 0.3 is 0 Å². The van der Waals surface area contributed by atoms with Crippen molar-refractivity contribution in [3.05, 3.63) is 290 Å². The molecule has 3 heterocycles. The maximum absolute atomic E-state index is 5.57. The quantitative estimate of drug-likeness (QED) is 0.141. The Morgan fingerprint density at radius 2 is 0.716 bits per heavy atom. The van der Waals surface area contributed by atoms with Crippen molar-refractivity contribution in [3.63, 3.8) is 0 Å². The van der Waals surface area contributed by atoms with Crippen molar-refractivity contribution >= 4 is 38.8 Å². The highest BCUT2D eigenvalue weighted by molar-refractivity contribution is 6.12. The van der Waals surface area contributed by atoms with Gasteiger partial charge in [-0.1, -0.05) is 200 Å². The molecule has 10 aromatic carbocycles.